The molecule has 10 heteroatoms. The predicted molar refractivity (Wildman–Crippen MR) is 162 cm³/mol. The number of nitrogens with one attached hydrogen (secondary N) is 1. The summed E-state index contributed by atoms with van der Waals surface area (Å²) >= 11 is 0. The van der Waals surface area contributed by atoms with Gasteiger partial charge in [0.25, 0.3) is 5.56 Å². The minimum absolute atomic E-state index is 0.111. The Morgan fingerprint density at radius 3 is 2.50 bits per heavy atom. The number of aromatic nitrogens is 5. The molecule has 8 rings (SSSR count). The Hall–Kier alpha value is -4.02. The quantitative estimate of drug-likeness (QED) is 0.343. The lowest BCUT2D eigenvalue weighted by atomic mass is 9.88. The fraction of sp³-hybridized carbons (Fsp3) is 0.438. The van der Waals surface area contributed by atoms with Crippen LogP contribution in [0, 0.1) is 17.3 Å². The van der Waals surface area contributed by atoms with Crippen molar-refractivity contribution in [3.05, 3.63) is 76.9 Å². The first kappa shape index (κ1) is 25.7. The highest BCUT2D eigenvalue weighted by Gasteiger charge is 2.62. The molecule has 4 aliphatic rings. The Labute approximate surface area is 244 Å². The number of pyridine rings is 1. The van der Waals surface area contributed by atoms with Crippen LogP contribution in [0.1, 0.15) is 31.0 Å². The highest BCUT2D eigenvalue weighted by Crippen LogP contribution is 2.64. The van der Waals surface area contributed by atoms with Gasteiger partial charge in [0.15, 0.2) is 11.5 Å². The minimum Gasteiger partial charge on any atom is -0.383 e. The van der Waals surface area contributed by atoms with Crippen LogP contribution < -0.4 is 15.8 Å². The Morgan fingerprint density at radius 1 is 1.07 bits per heavy atom. The summed E-state index contributed by atoms with van der Waals surface area (Å²) in [6.45, 7) is 10.6. The zero-order valence-electron chi connectivity index (χ0n) is 24.1. The molecule has 0 amide bonds. The molecule has 3 fully saturated rings. The third kappa shape index (κ3) is 3.78. The van der Waals surface area contributed by atoms with Gasteiger partial charge in [-0.05, 0) is 81.0 Å². The van der Waals surface area contributed by atoms with Crippen LogP contribution in [-0.2, 0) is 18.6 Å². The molecule has 42 heavy (non-hydrogen) atoms. The molecule has 3 atom stereocenters. The van der Waals surface area contributed by atoms with Crippen molar-refractivity contribution in [1.29, 1.82) is 0 Å². The van der Waals surface area contributed by atoms with Gasteiger partial charge < -0.3 is 20.2 Å². The van der Waals surface area contributed by atoms with Gasteiger partial charge in [0.05, 0.1) is 12.2 Å². The van der Waals surface area contributed by atoms with Gasteiger partial charge in [-0.25, -0.2) is 19.3 Å². The summed E-state index contributed by atoms with van der Waals surface area (Å²) < 4.78 is 3.30. The maximum absolute atomic E-state index is 13.4. The van der Waals surface area contributed by atoms with Crippen molar-refractivity contribution < 1.29 is 5.11 Å². The number of benzene rings is 1. The zero-order chi connectivity index (χ0) is 28.8. The van der Waals surface area contributed by atoms with Crippen molar-refractivity contribution in [2.75, 3.05) is 43.4 Å². The van der Waals surface area contributed by atoms with E-state index in [1.54, 1.807) is 21.6 Å². The topological polar surface area (TPSA) is 104 Å². The molecule has 10 nitrogen and oxygen atoms in total. The number of rotatable bonds is 6. The Bertz CT molecular complexity index is 1770. The molecule has 216 valence electrons. The van der Waals surface area contributed by atoms with Crippen molar-refractivity contribution in [3.8, 4) is 5.82 Å². The number of aliphatic hydroxyl groups is 1. The zero-order valence-corrected chi connectivity index (χ0v) is 24.1. The first-order valence-corrected chi connectivity index (χ1v) is 14.9. The largest absolute Gasteiger partial charge is 0.383 e. The summed E-state index contributed by atoms with van der Waals surface area (Å²) in [5, 5.41) is 15.2. The van der Waals surface area contributed by atoms with E-state index < -0.39 is 5.60 Å². The number of likely N-dealkylation sites (tertiary alicyclic amines) is 1. The molecule has 4 aromatic rings. The van der Waals surface area contributed by atoms with Crippen molar-refractivity contribution in [3.63, 3.8) is 0 Å². The van der Waals surface area contributed by atoms with Crippen molar-refractivity contribution >= 4 is 28.4 Å². The Morgan fingerprint density at radius 2 is 1.81 bits per heavy atom. The standard InChI is InChI=1S/C32H36N8O2/c1-4-13-39-29(41)25-15-33-30(34-23-6-8-24(9-7-23)38-18-21-16-37(3)17-22(21)19-38)36-28(25)40(39)26-10-5-20-14-32(11-12-32)31(2,42)27(20)35-26/h4-10,15,21-22,42H,1,11-14,16-19H2,2-3H3,(H,33,34,36)/t21-,22+,31?. The molecular weight excluding hydrogens is 528 g/mol. The van der Waals surface area contributed by atoms with Crippen LogP contribution in [0.3, 0.4) is 0 Å². The fourth-order valence-corrected chi connectivity index (χ4v) is 7.69. The lowest BCUT2D eigenvalue weighted by Gasteiger charge is -2.25. The van der Waals surface area contributed by atoms with E-state index in [1.807, 2.05) is 19.1 Å². The van der Waals surface area contributed by atoms with Crippen molar-refractivity contribution in [1.82, 2.24) is 29.2 Å². The molecule has 1 aromatic carbocycles. The highest BCUT2D eigenvalue weighted by atomic mass is 16.3. The monoisotopic (exact) mass is 564 g/mol. The van der Waals surface area contributed by atoms with Gasteiger partial charge in [-0.15, -0.1) is 6.58 Å². The van der Waals surface area contributed by atoms with E-state index in [0.717, 1.165) is 55.4 Å². The third-order valence-corrected chi connectivity index (χ3v) is 10.2. The summed E-state index contributed by atoms with van der Waals surface area (Å²) in [6.07, 6.45) is 6.08. The number of allylic oxidation sites excluding steroid dienone is 1. The molecule has 1 spiro atoms. The van der Waals surface area contributed by atoms with Crippen LogP contribution in [0.5, 0.6) is 0 Å². The third-order valence-electron chi connectivity index (χ3n) is 10.2. The second-order valence-electron chi connectivity index (χ2n) is 12.9. The van der Waals surface area contributed by atoms with Gasteiger partial charge in [-0.1, -0.05) is 12.1 Å². The molecule has 0 radical (unpaired) electrons. The van der Waals surface area contributed by atoms with E-state index >= 15 is 0 Å². The predicted octanol–water partition coefficient (Wildman–Crippen LogP) is 3.45. The summed E-state index contributed by atoms with van der Waals surface area (Å²) in [6, 6.07) is 12.3. The molecule has 1 unspecified atom stereocenters. The fourth-order valence-electron chi connectivity index (χ4n) is 7.69. The first-order valence-electron chi connectivity index (χ1n) is 14.9. The number of nitrogens with zero attached hydrogens (tertiary/aromatic N) is 7. The molecule has 5 heterocycles. The van der Waals surface area contributed by atoms with Gasteiger partial charge in [-0.3, -0.25) is 4.79 Å². The lowest BCUT2D eigenvalue weighted by molar-refractivity contribution is -0.0102. The van der Waals surface area contributed by atoms with Crippen LogP contribution in [-0.4, -0.2) is 67.5 Å². The lowest BCUT2D eigenvalue weighted by Crippen LogP contribution is -2.30. The normalized spacial score (nSPS) is 25.7. The van der Waals surface area contributed by atoms with Crippen LogP contribution in [0.2, 0.25) is 0 Å². The number of fused-ring (bicyclic) bond motifs is 3. The number of hydrogen-bond donors (Lipinski definition) is 2. The molecular formula is C32H36N8O2. The highest BCUT2D eigenvalue weighted by molar-refractivity contribution is 5.77. The SMILES string of the molecule is C=CCn1c(=O)c2cnc(Nc3ccc(N4C[C@H]5CN(C)C[C@H]5C4)cc3)nc2n1-c1ccc2c(n1)C(C)(O)C1(CC1)C2. The number of anilines is 3. The van der Waals surface area contributed by atoms with Gasteiger partial charge in [-0.2, -0.15) is 4.98 Å². The first-order chi connectivity index (χ1) is 20.3. The molecule has 2 aliphatic heterocycles. The van der Waals surface area contributed by atoms with Crippen LogP contribution >= 0.6 is 0 Å². The molecule has 2 saturated heterocycles. The second-order valence-corrected chi connectivity index (χ2v) is 12.9. The second kappa shape index (κ2) is 8.99. The molecule has 2 aliphatic carbocycles. The Kier molecular flexibility index (Phi) is 5.49. The van der Waals surface area contributed by atoms with E-state index in [0.29, 0.717) is 28.5 Å². The average molecular weight is 565 g/mol. The van der Waals surface area contributed by atoms with Crippen molar-refractivity contribution in [2.24, 2.45) is 17.3 Å². The maximum Gasteiger partial charge on any atom is 0.278 e. The van der Waals surface area contributed by atoms with Crippen LogP contribution in [0.4, 0.5) is 17.3 Å². The number of hydrogen-bond acceptors (Lipinski definition) is 8. The summed E-state index contributed by atoms with van der Waals surface area (Å²) in [7, 11) is 2.21. The smallest absolute Gasteiger partial charge is 0.278 e. The van der Waals surface area contributed by atoms with Gasteiger partial charge in [0, 0.05) is 49.2 Å². The van der Waals surface area contributed by atoms with Gasteiger partial charge >= 0.3 is 0 Å². The van der Waals surface area contributed by atoms with E-state index in [-0.39, 0.29) is 17.5 Å². The molecule has 2 N–H and O–H groups in total. The van der Waals surface area contributed by atoms with E-state index in [1.165, 1.54) is 18.8 Å². The van der Waals surface area contributed by atoms with Gasteiger partial charge in [0.1, 0.15) is 11.0 Å². The molecule has 0 bridgehead atoms. The van der Waals surface area contributed by atoms with E-state index in [2.05, 4.69) is 58.0 Å². The Balaban J connectivity index is 1.11. The average Bonchev–Trinajstić information content (AvgIpc) is 3.34. The van der Waals surface area contributed by atoms with Crippen LogP contribution in [0.25, 0.3) is 16.9 Å². The molecule has 1 saturated carbocycles. The minimum atomic E-state index is -0.997. The van der Waals surface area contributed by atoms with E-state index in [9.17, 15) is 9.90 Å². The molecule has 3 aromatic heterocycles. The summed E-state index contributed by atoms with van der Waals surface area (Å²) in [4.78, 5) is 32.6. The summed E-state index contributed by atoms with van der Waals surface area (Å²) in [5.41, 5.74) is 3.00. The van der Waals surface area contributed by atoms with Gasteiger partial charge in [0.2, 0.25) is 5.95 Å². The van der Waals surface area contributed by atoms with Crippen molar-refractivity contribution in [2.45, 2.75) is 38.3 Å². The van der Waals surface area contributed by atoms with Crippen LogP contribution in [0.15, 0.2) is 60.0 Å². The van der Waals surface area contributed by atoms with E-state index in [4.69, 9.17) is 9.97 Å². The maximum atomic E-state index is 13.4. The summed E-state index contributed by atoms with van der Waals surface area (Å²) in [5.74, 6) is 2.43.